The molecule has 2 heterocycles. The van der Waals surface area contributed by atoms with Gasteiger partial charge in [0.05, 0.1) is 19.8 Å². The largest absolute Gasteiger partial charge is 0.378 e. The van der Waals surface area contributed by atoms with Crippen molar-refractivity contribution in [2.45, 2.75) is 6.54 Å². The zero-order chi connectivity index (χ0) is 21.6. The molecule has 0 unspecified atom stereocenters. The van der Waals surface area contributed by atoms with Gasteiger partial charge in [0, 0.05) is 57.2 Å². The minimum atomic E-state index is -0.226. The van der Waals surface area contributed by atoms with Crippen molar-refractivity contribution in [2.24, 2.45) is 0 Å². The summed E-state index contributed by atoms with van der Waals surface area (Å²) in [4.78, 5) is 21.5. The Balaban J connectivity index is 1.29. The van der Waals surface area contributed by atoms with Crippen LogP contribution in [0.25, 0.3) is 0 Å². The highest BCUT2D eigenvalue weighted by Crippen LogP contribution is 2.23. The summed E-state index contributed by atoms with van der Waals surface area (Å²) < 4.78 is 18.6. The van der Waals surface area contributed by atoms with Crippen LogP contribution in [0.2, 0.25) is 0 Å². The fourth-order valence-corrected chi connectivity index (χ4v) is 4.30. The number of para-hydroxylation sites is 1. The summed E-state index contributed by atoms with van der Waals surface area (Å²) in [5.41, 5.74) is 3.48. The number of carbonyl (C=O) groups is 1. The molecule has 6 nitrogen and oxygen atoms in total. The molecule has 0 radical (unpaired) electrons. The highest BCUT2D eigenvalue weighted by molar-refractivity contribution is 5.78. The molecule has 0 N–H and O–H groups in total. The zero-order valence-electron chi connectivity index (χ0n) is 18.2. The molecule has 1 amide bonds. The molecule has 2 aliphatic rings. The number of piperazine rings is 1. The van der Waals surface area contributed by atoms with Crippen molar-refractivity contribution in [3.63, 3.8) is 0 Å². The number of rotatable bonds is 6. The molecule has 0 bridgehead atoms. The molecule has 2 aliphatic heterocycles. The van der Waals surface area contributed by atoms with Crippen LogP contribution in [0, 0.1) is 5.82 Å². The topological polar surface area (TPSA) is 39.3 Å². The van der Waals surface area contributed by atoms with E-state index in [-0.39, 0.29) is 11.7 Å². The van der Waals surface area contributed by atoms with Gasteiger partial charge in [-0.05, 0) is 42.9 Å². The third kappa shape index (κ3) is 5.54. The second-order valence-electron chi connectivity index (χ2n) is 8.24. The third-order valence-electron chi connectivity index (χ3n) is 6.01. The van der Waals surface area contributed by atoms with E-state index in [1.807, 2.05) is 11.9 Å². The Bertz CT molecular complexity index is 862. The number of amides is 1. The van der Waals surface area contributed by atoms with Gasteiger partial charge in [-0.1, -0.05) is 18.2 Å². The maximum atomic E-state index is 13.1. The van der Waals surface area contributed by atoms with Crippen LogP contribution in [-0.2, 0) is 16.1 Å². The van der Waals surface area contributed by atoms with Crippen molar-refractivity contribution < 1.29 is 13.9 Å². The minimum Gasteiger partial charge on any atom is -0.378 e. The quantitative estimate of drug-likeness (QED) is 0.710. The Morgan fingerprint density at radius 2 is 1.61 bits per heavy atom. The highest BCUT2D eigenvalue weighted by Gasteiger charge is 2.23. The number of halogens is 1. The van der Waals surface area contributed by atoms with Gasteiger partial charge < -0.3 is 19.4 Å². The Morgan fingerprint density at radius 1 is 0.935 bits per heavy atom. The van der Waals surface area contributed by atoms with E-state index >= 15 is 0 Å². The second-order valence-corrected chi connectivity index (χ2v) is 8.24. The number of hydrogen-bond donors (Lipinski definition) is 0. The standard InChI is InChI=1S/C24H31FN4O2/c1-26(18-20-4-2-3-5-23(20)28-14-16-31-17-15-28)19-24(30)29-12-10-27(11-13-29)22-8-6-21(25)7-9-22/h2-9H,10-19H2,1H3. The van der Waals surface area contributed by atoms with E-state index in [9.17, 15) is 9.18 Å². The predicted octanol–water partition coefficient (Wildman–Crippen LogP) is 2.44. The lowest BCUT2D eigenvalue weighted by Crippen LogP contribution is -2.51. The molecular formula is C24H31FN4O2. The number of carbonyl (C=O) groups excluding carboxylic acids is 1. The molecule has 0 saturated carbocycles. The maximum Gasteiger partial charge on any atom is 0.236 e. The van der Waals surface area contributed by atoms with Crippen molar-refractivity contribution >= 4 is 17.3 Å². The van der Waals surface area contributed by atoms with Crippen LogP contribution in [0.3, 0.4) is 0 Å². The fourth-order valence-electron chi connectivity index (χ4n) is 4.30. The number of morpholine rings is 1. The minimum absolute atomic E-state index is 0.158. The number of hydrogen-bond acceptors (Lipinski definition) is 5. The lowest BCUT2D eigenvalue weighted by atomic mass is 10.1. The SMILES string of the molecule is CN(CC(=O)N1CCN(c2ccc(F)cc2)CC1)Cc1ccccc1N1CCOCC1. The molecule has 2 aromatic rings. The van der Waals surface area contributed by atoms with Gasteiger partial charge in [-0.3, -0.25) is 9.69 Å². The van der Waals surface area contributed by atoms with Gasteiger partial charge in [0.2, 0.25) is 5.91 Å². The van der Waals surface area contributed by atoms with Crippen molar-refractivity contribution in [1.29, 1.82) is 0 Å². The number of anilines is 2. The molecule has 2 saturated heterocycles. The summed E-state index contributed by atoms with van der Waals surface area (Å²) in [5.74, 6) is -0.0686. The van der Waals surface area contributed by atoms with Crippen LogP contribution in [0.15, 0.2) is 48.5 Å². The van der Waals surface area contributed by atoms with Crippen LogP contribution >= 0.6 is 0 Å². The lowest BCUT2D eigenvalue weighted by Gasteiger charge is -2.37. The monoisotopic (exact) mass is 426 g/mol. The van der Waals surface area contributed by atoms with E-state index in [0.717, 1.165) is 51.6 Å². The summed E-state index contributed by atoms with van der Waals surface area (Å²) in [6.45, 7) is 7.35. The average Bonchev–Trinajstić information content (AvgIpc) is 2.80. The number of likely N-dealkylation sites (N-methyl/N-ethyl adjacent to an activating group) is 1. The van der Waals surface area contributed by atoms with Crippen molar-refractivity contribution in [2.75, 3.05) is 75.9 Å². The van der Waals surface area contributed by atoms with E-state index < -0.39 is 0 Å². The van der Waals surface area contributed by atoms with Gasteiger partial charge >= 0.3 is 0 Å². The van der Waals surface area contributed by atoms with Gasteiger partial charge in [0.15, 0.2) is 0 Å². The molecule has 4 rings (SSSR count). The fraction of sp³-hybridized carbons (Fsp3) is 0.458. The first kappa shape index (κ1) is 21.6. The third-order valence-corrected chi connectivity index (χ3v) is 6.01. The molecule has 166 valence electrons. The van der Waals surface area contributed by atoms with E-state index in [2.05, 4.69) is 39.0 Å². The van der Waals surface area contributed by atoms with Crippen LogP contribution in [-0.4, -0.2) is 81.8 Å². The summed E-state index contributed by atoms with van der Waals surface area (Å²) in [5, 5.41) is 0. The number of nitrogens with zero attached hydrogens (tertiary/aromatic N) is 4. The summed E-state index contributed by atoms with van der Waals surface area (Å²) in [6, 6.07) is 15.0. The summed E-state index contributed by atoms with van der Waals surface area (Å²) in [6.07, 6.45) is 0. The van der Waals surface area contributed by atoms with Crippen LogP contribution in [0.1, 0.15) is 5.56 Å². The Morgan fingerprint density at radius 3 is 2.32 bits per heavy atom. The molecule has 2 fully saturated rings. The van der Waals surface area contributed by atoms with E-state index in [0.29, 0.717) is 19.6 Å². The molecule has 0 aliphatic carbocycles. The summed E-state index contributed by atoms with van der Waals surface area (Å²) in [7, 11) is 2.00. The van der Waals surface area contributed by atoms with Gasteiger partial charge in [-0.2, -0.15) is 0 Å². The van der Waals surface area contributed by atoms with Gasteiger partial charge in [-0.15, -0.1) is 0 Å². The predicted molar refractivity (Wildman–Crippen MR) is 121 cm³/mol. The van der Waals surface area contributed by atoms with Gasteiger partial charge in [0.1, 0.15) is 5.82 Å². The zero-order valence-corrected chi connectivity index (χ0v) is 18.2. The average molecular weight is 427 g/mol. The first-order valence-corrected chi connectivity index (χ1v) is 11.0. The molecule has 31 heavy (non-hydrogen) atoms. The van der Waals surface area contributed by atoms with Crippen molar-refractivity contribution in [3.05, 3.63) is 59.9 Å². The van der Waals surface area contributed by atoms with E-state index in [1.165, 1.54) is 23.4 Å². The molecule has 0 spiro atoms. The van der Waals surface area contributed by atoms with Crippen molar-refractivity contribution in [3.8, 4) is 0 Å². The Kier molecular flexibility index (Phi) is 7.04. The van der Waals surface area contributed by atoms with Gasteiger partial charge in [0.25, 0.3) is 0 Å². The molecule has 0 aromatic heterocycles. The van der Waals surface area contributed by atoms with Crippen LogP contribution in [0.5, 0.6) is 0 Å². The first-order chi connectivity index (χ1) is 15.1. The maximum absolute atomic E-state index is 13.1. The highest BCUT2D eigenvalue weighted by atomic mass is 19.1. The first-order valence-electron chi connectivity index (χ1n) is 11.0. The van der Waals surface area contributed by atoms with E-state index in [4.69, 9.17) is 4.74 Å². The van der Waals surface area contributed by atoms with Crippen molar-refractivity contribution in [1.82, 2.24) is 9.80 Å². The van der Waals surface area contributed by atoms with E-state index in [1.54, 1.807) is 12.1 Å². The number of ether oxygens (including phenoxy) is 1. The molecule has 7 heteroatoms. The normalized spacial score (nSPS) is 17.3. The second kappa shape index (κ2) is 10.1. The Labute approximate surface area is 183 Å². The van der Waals surface area contributed by atoms with Gasteiger partial charge in [-0.25, -0.2) is 4.39 Å². The van der Waals surface area contributed by atoms with Crippen LogP contribution in [0.4, 0.5) is 15.8 Å². The molecule has 0 atom stereocenters. The van der Waals surface area contributed by atoms with Crippen LogP contribution < -0.4 is 9.80 Å². The lowest BCUT2D eigenvalue weighted by molar-refractivity contribution is -0.132. The molecular weight excluding hydrogens is 395 g/mol. The Hall–Kier alpha value is -2.64. The number of benzene rings is 2. The summed E-state index contributed by atoms with van der Waals surface area (Å²) >= 11 is 0. The smallest absolute Gasteiger partial charge is 0.236 e. The molecule has 2 aromatic carbocycles.